The molecule has 1 heterocycles. The number of benzene rings is 7. The summed E-state index contributed by atoms with van der Waals surface area (Å²) >= 11 is 0. The van der Waals surface area contributed by atoms with Gasteiger partial charge in [-0.15, -0.1) is 0 Å². The summed E-state index contributed by atoms with van der Waals surface area (Å²) in [5, 5.41) is 0. The van der Waals surface area contributed by atoms with Crippen LogP contribution in [0.3, 0.4) is 0 Å². The summed E-state index contributed by atoms with van der Waals surface area (Å²) in [6.45, 7) is 4.39. The van der Waals surface area contributed by atoms with Gasteiger partial charge in [-0.25, -0.2) is 0 Å². The normalized spacial score (nSPS) is 11.9. The largest absolute Gasteiger partial charge is 0.457 e. The summed E-state index contributed by atoms with van der Waals surface area (Å²) in [6, 6.07) is 57.4. The maximum atomic E-state index is 6.99. The van der Waals surface area contributed by atoms with Crippen molar-refractivity contribution in [2.45, 2.75) is 13.7 Å². The van der Waals surface area contributed by atoms with Crippen molar-refractivity contribution >= 4 is 17.6 Å². The van der Waals surface area contributed by atoms with Crippen LogP contribution in [0, 0.1) is 6.92 Å². The SMILES string of the molecule is CB1c2cc(-c3ccccc3)ccc2Oc2cc(c(-c3ccccc3)cc2-c2ccccc2)Oc2ccc(-c3ccccc3C)cc21. The smallest absolute Gasteiger partial charge is 0.216 e. The van der Waals surface area contributed by atoms with E-state index in [0.717, 1.165) is 61.7 Å². The summed E-state index contributed by atoms with van der Waals surface area (Å²) in [7, 11) is 0. The van der Waals surface area contributed by atoms with E-state index in [9.17, 15) is 0 Å². The molecule has 0 aliphatic carbocycles. The van der Waals surface area contributed by atoms with Crippen LogP contribution in [0.5, 0.6) is 23.0 Å². The fourth-order valence-corrected chi connectivity index (χ4v) is 6.66. The summed E-state index contributed by atoms with van der Waals surface area (Å²) < 4.78 is 14.0. The van der Waals surface area contributed by atoms with Crippen LogP contribution in [0.1, 0.15) is 5.56 Å². The van der Waals surface area contributed by atoms with Gasteiger partial charge in [-0.3, -0.25) is 0 Å². The highest BCUT2D eigenvalue weighted by atomic mass is 16.5. The second-order valence-electron chi connectivity index (χ2n) is 12.2. The third-order valence-electron chi connectivity index (χ3n) is 9.21. The third-order valence-corrected chi connectivity index (χ3v) is 9.21. The Hall–Kier alpha value is -5.80. The van der Waals surface area contributed by atoms with E-state index in [0.29, 0.717) is 0 Å². The van der Waals surface area contributed by atoms with Crippen LogP contribution in [0.25, 0.3) is 44.5 Å². The molecular formula is C44H33BO2. The fraction of sp³-hybridized carbons (Fsp3) is 0.0455. The van der Waals surface area contributed by atoms with Crippen LogP contribution in [0.2, 0.25) is 6.82 Å². The lowest BCUT2D eigenvalue weighted by Gasteiger charge is -2.25. The number of hydrogen-bond acceptors (Lipinski definition) is 2. The lowest BCUT2D eigenvalue weighted by molar-refractivity contribution is 0.465. The third kappa shape index (κ3) is 5.51. The number of fused-ring (bicyclic) bond motifs is 4. The Bertz CT molecular complexity index is 2210. The highest BCUT2D eigenvalue weighted by Gasteiger charge is 2.27. The fourth-order valence-electron chi connectivity index (χ4n) is 6.66. The summed E-state index contributed by atoms with van der Waals surface area (Å²) in [4.78, 5) is 0. The maximum absolute atomic E-state index is 6.99. The molecule has 2 nitrogen and oxygen atoms in total. The predicted molar refractivity (Wildman–Crippen MR) is 197 cm³/mol. The van der Waals surface area contributed by atoms with Gasteiger partial charge in [0, 0.05) is 17.2 Å². The lowest BCUT2D eigenvalue weighted by atomic mass is 9.42. The van der Waals surface area contributed by atoms with E-state index in [2.05, 4.69) is 165 Å². The molecule has 0 fully saturated rings. The minimum atomic E-state index is -0.0306. The van der Waals surface area contributed by atoms with Crippen molar-refractivity contribution in [2.75, 3.05) is 0 Å². The van der Waals surface area contributed by atoms with Crippen molar-refractivity contribution in [3.63, 3.8) is 0 Å². The molecule has 0 aromatic heterocycles. The molecule has 0 saturated heterocycles. The second-order valence-corrected chi connectivity index (χ2v) is 12.2. The molecule has 0 N–H and O–H groups in total. The average molecular weight is 605 g/mol. The first-order valence-electron chi connectivity index (χ1n) is 16.2. The van der Waals surface area contributed by atoms with E-state index < -0.39 is 0 Å². The predicted octanol–water partition coefficient (Wildman–Crippen LogP) is 10.8. The Kier molecular flexibility index (Phi) is 7.43. The molecule has 1 aliphatic heterocycles. The van der Waals surface area contributed by atoms with Crippen molar-refractivity contribution in [3.05, 3.63) is 169 Å². The van der Waals surface area contributed by atoms with Gasteiger partial charge in [0.15, 0.2) is 0 Å². The van der Waals surface area contributed by atoms with E-state index in [4.69, 9.17) is 9.47 Å². The van der Waals surface area contributed by atoms with Crippen LogP contribution >= 0.6 is 0 Å². The van der Waals surface area contributed by atoms with Crippen LogP contribution < -0.4 is 20.4 Å². The number of aryl methyl sites for hydroxylation is 1. The molecule has 47 heavy (non-hydrogen) atoms. The van der Waals surface area contributed by atoms with E-state index in [-0.39, 0.29) is 6.71 Å². The van der Waals surface area contributed by atoms with Crippen LogP contribution in [0.15, 0.2) is 164 Å². The van der Waals surface area contributed by atoms with Gasteiger partial charge in [0.2, 0.25) is 6.71 Å². The Balaban J connectivity index is 1.39. The van der Waals surface area contributed by atoms with Crippen molar-refractivity contribution in [1.82, 2.24) is 0 Å². The van der Waals surface area contributed by atoms with Crippen LogP contribution in [0.4, 0.5) is 0 Å². The van der Waals surface area contributed by atoms with Gasteiger partial charge in [0.25, 0.3) is 0 Å². The molecule has 7 aromatic carbocycles. The molecule has 3 heteroatoms. The molecule has 0 spiro atoms. The first-order chi connectivity index (χ1) is 23.1. The monoisotopic (exact) mass is 604 g/mol. The van der Waals surface area contributed by atoms with E-state index in [1.165, 1.54) is 22.3 Å². The zero-order chi connectivity index (χ0) is 31.7. The molecule has 2 bridgehead atoms. The highest BCUT2D eigenvalue weighted by Crippen LogP contribution is 2.44. The minimum Gasteiger partial charge on any atom is -0.457 e. The second kappa shape index (κ2) is 12.2. The standard InChI is InChI=1S/C44H33BO2/c1-30-14-12-13-21-36(30)35-23-25-42-40(27-35)45(2)39-26-34(31-15-6-3-7-16-31)22-24-41(39)46-43-29-44(47-42)38(33-19-10-5-11-20-33)28-37(43)32-17-8-4-9-18-32/h3-29H,1-2H3. The molecule has 7 aromatic rings. The molecule has 0 unspecified atom stereocenters. The summed E-state index contributed by atoms with van der Waals surface area (Å²) in [5.41, 5.74) is 12.3. The number of ether oxygens (including phenoxy) is 2. The van der Waals surface area contributed by atoms with Crippen molar-refractivity contribution in [3.8, 4) is 67.5 Å². The van der Waals surface area contributed by atoms with Gasteiger partial charge < -0.3 is 9.47 Å². The number of rotatable bonds is 4. The maximum Gasteiger partial charge on any atom is 0.216 e. The van der Waals surface area contributed by atoms with Crippen molar-refractivity contribution in [1.29, 1.82) is 0 Å². The Morgan fingerprint density at radius 3 is 1.38 bits per heavy atom. The van der Waals surface area contributed by atoms with E-state index in [1.807, 2.05) is 12.1 Å². The molecule has 0 atom stereocenters. The van der Waals surface area contributed by atoms with Gasteiger partial charge in [0.05, 0.1) is 0 Å². The molecule has 0 saturated carbocycles. The van der Waals surface area contributed by atoms with Gasteiger partial charge >= 0.3 is 0 Å². The van der Waals surface area contributed by atoms with Gasteiger partial charge in [-0.1, -0.05) is 146 Å². The average Bonchev–Trinajstić information content (AvgIpc) is 3.13. The molecule has 224 valence electrons. The lowest BCUT2D eigenvalue weighted by Crippen LogP contribution is -2.41. The minimum absolute atomic E-state index is 0.0306. The topological polar surface area (TPSA) is 18.5 Å². The summed E-state index contributed by atoms with van der Waals surface area (Å²) in [5.74, 6) is 3.18. The zero-order valence-electron chi connectivity index (χ0n) is 26.5. The molecule has 0 radical (unpaired) electrons. The van der Waals surface area contributed by atoms with Crippen LogP contribution in [-0.4, -0.2) is 6.71 Å². The first kappa shape index (κ1) is 28.7. The van der Waals surface area contributed by atoms with Gasteiger partial charge in [-0.2, -0.15) is 0 Å². The quantitative estimate of drug-likeness (QED) is 0.186. The Labute approximate surface area is 277 Å². The first-order valence-corrected chi connectivity index (χ1v) is 16.2. The van der Waals surface area contributed by atoms with E-state index in [1.54, 1.807) is 0 Å². The Morgan fingerprint density at radius 2 is 0.830 bits per heavy atom. The van der Waals surface area contributed by atoms with Gasteiger partial charge in [-0.05, 0) is 75.0 Å². The molecule has 8 rings (SSSR count). The van der Waals surface area contributed by atoms with Crippen molar-refractivity contribution in [2.24, 2.45) is 0 Å². The van der Waals surface area contributed by atoms with E-state index >= 15 is 0 Å². The van der Waals surface area contributed by atoms with Crippen molar-refractivity contribution < 1.29 is 9.47 Å². The molecule has 0 amide bonds. The number of hydrogen-bond donors (Lipinski definition) is 0. The molecular weight excluding hydrogens is 571 g/mol. The summed E-state index contributed by atoms with van der Waals surface area (Å²) in [6.07, 6.45) is 0. The highest BCUT2D eigenvalue weighted by molar-refractivity contribution is 6.85. The Morgan fingerprint density at radius 1 is 0.362 bits per heavy atom. The molecule has 1 aliphatic rings. The van der Waals surface area contributed by atoms with Gasteiger partial charge in [0.1, 0.15) is 23.0 Å². The zero-order valence-corrected chi connectivity index (χ0v) is 26.5. The van der Waals surface area contributed by atoms with Crippen LogP contribution in [-0.2, 0) is 0 Å².